The van der Waals surface area contributed by atoms with Crippen molar-refractivity contribution < 1.29 is 23.1 Å². The Labute approximate surface area is 64.9 Å². The molecular weight excluding hydrogens is 172 g/mol. The van der Waals surface area contributed by atoms with Gasteiger partial charge in [-0.15, -0.1) is 0 Å². The lowest BCUT2D eigenvalue weighted by Crippen LogP contribution is -2.43. The third kappa shape index (κ3) is 1.90. The van der Waals surface area contributed by atoms with Crippen LogP contribution in [0.3, 0.4) is 0 Å². The number of aliphatic hydroxyl groups is 1. The number of esters is 1. The molecule has 0 spiro atoms. The van der Waals surface area contributed by atoms with E-state index in [0.717, 1.165) is 20.3 Å². The molecule has 0 aliphatic heterocycles. The van der Waals surface area contributed by atoms with Crippen molar-refractivity contribution in [2.45, 2.75) is 11.9 Å². The summed E-state index contributed by atoms with van der Waals surface area (Å²) in [6, 6.07) is 0. The third-order valence-corrected chi connectivity index (χ3v) is 2.90. The van der Waals surface area contributed by atoms with E-state index < -0.39 is 20.7 Å². The Balaban J connectivity index is 4.90. The van der Waals surface area contributed by atoms with E-state index in [1.165, 1.54) is 0 Å². The maximum Gasteiger partial charge on any atom is 0.353 e. The lowest BCUT2D eigenvalue weighted by Gasteiger charge is -2.16. The van der Waals surface area contributed by atoms with E-state index in [-0.39, 0.29) is 0 Å². The molecule has 6 heteroatoms. The van der Waals surface area contributed by atoms with Gasteiger partial charge in [-0.05, 0) is 6.92 Å². The van der Waals surface area contributed by atoms with Gasteiger partial charge in [0.2, 0.25) is 0 Å². The molecule has 0 aliphatic carbocycles. The van der Waals surface area contributed by atoms with Crippen molar-refractivity contribution in [3.63, 3.8) is 0 Å². The van der Waals surface area contributed by atoms with Crippen LogP contribution in [-0.4, -0.2) is 37.8 Å². The average Bonchev–Trinajstić information content (AvgIpc) is 1.83. The zero-order valence-electron chi connectivity index (χ0n) is 6.49. The van der Waals surface area contributed by atoms with Gasteiger partial charge in [-0.3, -0.25) is 0 Å². The van der Waals surface area contributed by atoms with Crippen LogP contribution in [-0.2, 0) is 19.4 Å². The molecule has 0 aromatic carbocycles. The maximum atomic E-state index is 10.7. The molecule has 0 saturated heterocycles. The van der Waals surface area contributed by atoms with Gasteiger partial charge in [-0.2, -0.15) is 0 Å². The molecule has 0 amide bonds. The standard InChI is InChI=1S/C5H10O5S/c1-5(7,4(6)10-2)11(3,8)9/h7H,1-3H3/t5-/m1/s1. The van der Waals surface area contributed by atoms with E-state index in [0.29, 0.717) is 0 Å². The SMILES string of the molecule is COC(=O)[C@](C)(O)S(C)(=O)=O. The Kier molecular flexibility index (Phi) is 2.63. The van der Waals surface area contributed by atoms with Crippen molar-refractivity contribution in [2.75, 3.05) is 13.4 Å². The summed E-state index contributed by atoms with van der Waals surface area (Å²) in [4.78, 5) is 8.19. The summed E-state index contributed by atoms with van der Waals surface area (Å²) in [7, 11) is -2.83. The zero-order valence-corrected chi connectivity index (χ0v) is 7.30. The molecule has 0 aliphatic rings. The first-order valence-corrected chi connectivity index (χ1v) is 4.63. The number of carbonyl (C=O) groups excluding carboxylic acids is 1. The molecule has 0 radical (unpaired) electrons. The summed E-state index contributed by atoms with van der Waals surface area (Å²) in [5.41, 5.74) is 0. The van der Waals surface area contributed by atoms with E-state index in [4.69, 9.17) is 5.11 Å². The predicted octanol–water partition coefficient (Wildman–Crippen LogP) is -1.09. The van der Waals surface area contributed by atoms with E-state index in [9.17, 15) is 13.2 Å². The van der Waals surface area contributed by atoms with Crippen molar-refractivity contribution in [1.29, 1.82) is 0 Å². The highest BCUT2D eigenvalue weighted by Gasteiger charge is 2.42. The van der Waals surface area contributed by atoms with E-state index >= 15 is 0 Å². The third-order valence-electron chi connectivity index (χ3n) is 1.29. The summed E-state index contributed by atoms with van der Waals surface area (Å²) in [5.74, 6) is -1.18. The average molecular weight is 182 g/mol. The van der Waals surface area contributed by atoms with Crippen LogP contribution in [0, 0.1) is 0 Å². The fourth-order valence-corrected chi connectivity index (χ4v) is 0.727. The van der Waals surface area contributed by atoms with Crippen LogP contribution < -0.4 is 0 Å². The first-order valence-electron chi connectivity index (χ1n) is 2.74. The highest BCUT2D eigenvalue weighted by Crippen LogP contribution is 2.12. The Hall–Kier alpha value is -0.620. The highest BCUT2D eigenvalue weighted by atomic mass is 32.2. The quantitative estimate of drug-likeness (QED) is 0.549. The van der Waals surface area contributed by atoms with Crippen molar-refractivity contribution >= 4 is 15.8 Å². The van der Waals surface area contributed by atoms with Gasteiger partial charge in [-0.1, -0.05) is 0 Å². The number of sulfone groups is 1. The topological polar surface area (TPSA) is 80.7 Å². The van der Waals surface area contributed by atoms with Crippen LogP contribution in [0.15, 0.2) is 0 Å². The maximum absolute atomic E-state index is 10.7. The summed E-state index contributed by atoms with van der Waals surface area (Å²) in [5, 5.41) is 9.06. The number of rotatable bonds is 2. The molecule has 5 nitrogen and oxygen atoms in total. The molecule has 0 bridgehead atoms. The van der Waals surface area contributed by atoms with Gasteiger partial charge in [0.25, 0.3) is 4.93 Å². The molecule has 0 aromatic heterocycles. The second-order valence-electron chi connectivity index (χ2n) is 2.25. The second-order valence-corrected chi connectivity index (χ2v) is 4.59. The summed E-state index contributed by atoms with van der Waals surface area (Å²) in [6.07, 6.45) is 0.754. The molecule has 0 unspecified atom stereocenters. The number of carbonyl (C=O) groups is 1. The molecule has 1 N–H and O–H groups in total. The summed E-state index contributed by atoms with van der Waals surface area (Å²) in [6.45, 7) is 0.869. The van der Waals surface area contributed by atoms with Crippen molar-refractivity contribution in [1.82, 2.24) is 0 Å². The zero-order chi connectivity index (χ0) is 9.28. The smallest absolute Gasteiger partial charge is 0.353 e. The summed E-state index contributed by atoms with van der Waals surface area (Å²) >= 11 is 0. The van der Waals surface area contributed by atoms with Gasteiger partial charge in [0, 0.05) is 6.26 Å². The van der Waals surface area contributed by atoms with Gasteiger partial charge in [0.1, 0.15) is 0 Å². The molecule has 0 aromatic rings. The first-order chi connectivity index (χ1) is 4.73. The number of methoxy groups -OCH3 is 1. The van der Waals surface area contributed by atoms with E-state index in [1.807, 2.05) is 0 Å². The number of hydrogen-bond acceptors (Lipinski definition) is 5. The Bertz CT molecular complexity index is 250. The predicted molar refractivity (Wildman–Crippen MR) is 37.5 cm³/mol. The van der Waals surface area contributed by atoms with Crippen molar-refractivity contribution in [2.24, 2.45) is 0 Å². The van der Waals surface area contributed by atoms with Crippen molar-refractivity contribution in [3.8, 4) is 0 Å². The lowest BCUT2D eigenvalue weighted by atomic mass is 10.4. The lowest BCUT2D eigenvalue weighted by molar-refractivity contribution is -0.152. The van der Waals surface area contributed by atoms with Gasteiger partial charge in [0.15, 0.2) is 9.84 Å². The minimum Gasteiger partial charge on any atom is -0.466 e. The van der Waals surface area contributed by atoms with Crippen LogP contribution in [0.5, 0.6) is 0 Å². The Morgan fingerprint density at radius 2 is 1.91 bits per heavy atom. The van der Waals surface area contributed by atoms with Gasteiger partial charge in [0.05, 0.1) is 7.11 Å². The van der Waals surface area contributed by atoms with E-state index in [1.54, 1.807) is 0 Å². The summed E-state index contributed by atoms with van der Waals surface area (Å²) < 4.78 is 25.5. The molecule has 66 valence electrons. The normalized spacial score (nSPS) is 17.1. The Morgan fingerprint density at radius 1 is 1.55 bits per heavy atom. The second kappa shape index (κ2) is 2.78. The Morgan fingerprint density at radius 3 is 2.00 bits per heavy atom. The van der Waals surface area contributed by atoms with Crippen LogP contribution >= 0.6 is 0 Å². The fourth-order valence-electron chi connectivity index (χ4n) is 0.341. The highest BCUT2D eigenvalue weighted by molar-refractivity contribution is 7.92. The van der Waals surface area contributed by atoms with Gasteiger partial charge in [-0.25, -0.2) is 13.2 Å². The minimum atomic E-state index is -3.83. The first kappa shape index (κ1) is 10.4. The fraction of sp³-hybridized carbons (Fsp3) is 0.800. The van der Waals surface area contributed by atoms with Gasteiger partial charge >= 0.3 is 5.97 Å². The number of ether oxygens (including phenoxy) is 1. The largest absolute Gasteiger partial charge is 0.466 e. The van der Waals surface area contributed by atoms with Crippen LogP contribution in [0.4, 0.5) is 0 Å². The minimum absolute atomic E-state index is 0.754. The molecule has 1 atom stereocenters. The molecule has 0 rings (SSSR count). The molecule has 0 fully saturated rings. The molecule has 0 heterocycles. The number of hydrogen-bond donors (Lipinski definition) is 1. The monoisotopic (exact) mass is 182 g/mol. The molecule has 0 saturated carbocycles. The molecular formula is C5H10O5S. The van der Waals surface area contributed by atoms with Crippen LogP contribution in [0.2, 0.25) is 0 Å². The van der Waals surface area contributed by atoms with Crippen LogP contribution in [0.25, 0.3) is 0 Å². The molecule has 11 heavy (non-hydrogen) atoms. The van der Waals surface area contributed by atoms with Crippen molar-refractivity contribution in [3.05, 3.63) is 0 Å². The van der Waals surface area contributed by atoms with E-state index in [2.05, 4.69) is 4.74 Å². The van der Waals surface area contributed by atoms with Crippen LogP contribution in [0.1, 0.15) is 6.92 Å². The van der Waals surface area contributed by atoms with Gasteiger partial charge < -0.3 is 9.84 Å².